The molecule has 162 valence electrons. The van der Waals surface area contributed by atoms with Gasteiger partial charge in [0.05, 0.1) is 16.7 Å². The van der Waals surface area contributed by atoms with Gasteiger partial charge < -0.3 is 10.5 Å². The summed E-state index contributed by atoms with van der Waals surface area (Å²) in [5.41, 5.74) is 4.72. The fourth-order valence-corrected chi connectivity index (χ4v) is 6.17. The number of sulfonamides is 1. The molecule has 1 aliphatic rings. The molecule has 1 atom stereocenters. The van der Waals surface area contributed by atoms with Crippen LogP contribution in [0.1, 0.15) is 19.3 Å². The van der Waals surface area contributed by atoms with Crippen LogP contribution in [0.4, 0.5) is 0 Å². The molecule has 0 radical (unpaired) electrons. The summed E-state index contributed by atoms with van der Waals surface area (Å²) in [6.07, 6.45) is 1.12. The van der Waals surface area contributed by atoms with Crippen LogP contribution in [0.3, 0.4) is 0 Å². The predicted molar refractivity (Wildman–Crippen MR) is 118 cm³/mol. The second-order valence-corrected chi connectivity index (χ2v) is 10.5. The van der Waals surface area contributed by atoms with Crippen LogP contribution in [0, 0.1) is 5.41 Å². The average molecular weight is 492 g/mol. The number of hydrogen-bond acceptors (Lipinski definition) is 4. The molecular weight excluding hydrogens is 471 g/mol. The highest BCUT2D eigenvalue weighted by molar-refractivity contribution is 7.89. The molecule has 2 aromatic rings. The summed E-state index contributed by atoms with van der Waals surface area (Å²) in [4.78, 5) is 11.7. The van der Waals surface area contributed by atoms with Crippen LogP contribution in [-0.4, -0.2) is 38.3 Å². The number of hydrogen-bond donors (Lipinski definition) is 1. The number of amides is 1. The van der Waals surface area contributed by atoms with Crippen molar-refractivity contribution in [1.29, 1.82) is 0 Å². The Kier molecular flexibility index (Phi) is 7.20. The molecule has 1 saturated heterocycles. The van der Waals surface area contributed by atoms with Crippen LogP contribution >= 0.6 is 34.8 Å². The van der Waals surface area contributed by atoms with E-state index >= 15 is 0 Å². The summed E-state index contributed by atoms with van der Waals surface area (Å²) in [5.74, 6) is 0.00828. The minimum atomic E-state index is -3.92. The lowest BCUT2D eigenvalue weighted by Crippen LogP contribution is -2.50. The van der Waals surface area contributed by atoms with Crippen molar-refractivity contribution in [2.24, 2.45) is 11.1 Å². The molecule has 2 N–H and O–H groups in total. The molecule has 30 heavy (non-hydrogen) atoms. The molecule has 0 saturated carbocycles. The molecule has 0 spiro atoms. The number of nitrogens with zero attached hydrogens (tertiary/aromatic N) is 1. The Morgan fingerprint density at radius 3 is 2.60 bits per heavy atom. The Morgan fingerprint density at radius 2 is 1.90 bits per heavy atom. The van der Waals surface area contributed by atoms with Crippen LogP contribution in [-0.2, 0) is 14.8 Å². The fourth-order valence-electron chi connectivity index (χ4n) is 3.67. The fraction of sp³-hybridized carbons (Fsp3) is 0.350. The zero-order valence-corrected chi connectivity index (χ0v) is 19.1. The molecule has 0 aliphatic carbocycles. The number of rotatable bonds is 7. The minimum Gasteiger partial charge on any atom is -0.493 e. The number of nitrogens with two attached hydrogens (primary N) is 1. The van der Waals surface area contributed by atoms with Crippen molar-refractivity contribution in [2.45, 2.75) is 24.2 Å². The van der Waals surface area contributed by atoms with Crippen LogP contribution in [0.15, 0.2) is 47.4 Å². The molecule has 10 heteroatoms. The number of benzene rings is 2. The largest absolute Gasteiger partial charge is 0.493 e. The van der Waals surface area contributed by atoms with Gasteiger partial charge in [-0.2, -0.15) is 4.31 Å². The van der Waals surface area contributed by atoms with Crippen LogP contribution in [0.5, 0.6) is 5.75 Å². The van der Waals surface area contributed by atoms with Gasteiger partial charge in [0, 0.05) is 29.9 Å². The van der Waals surface area contributed by atoms with Crippen molar-refractivity contribution in [1.82, 2.24) is 4.31 Å². The SMILES string of the molecule is NC(=O)C[C@@]1(COc2cccc(Cl)c2)CCCN(S(=O)(=O)c2cccc(Cl)c2Cl)C1. The van der Waals surface area contributed by atoms with E-state index in [1.165, 1.54) is 22.5 Å². The first-order valence-electron chi connectivity index (χ1n) is 9.24. The summed E-state index contributed by atoms with van der Waals surface area (Å²) in [5, 5.41) is 0.641. The van der Waals surface area contributed by atoms with E-state index in [0.717, 1.165) is 0 Å². The van der Waals surface area contributed by atoms with Crippen molar-refractivity contribution in [2.75, 3.05) is 19.7 Å². The van der Waals surface area contributed by atoms with Gasteiger partial charge in [-0.3, -0.25) is 4.79 Å². The lowest BCUT2D eigenvalue weighted by atomic mass is 9.78. The molecule has 0 unspecified atom stereocenters. The second-order valence-electron chi connectivity index (χ2n) is 7.38. The van der Waals surface area contributed by atoms with Crippen molar-refractivity contribution in [3.8, 4) is 5.75 Å². The van der Waals surface area contributed by atoms with E-state index in [9.17, 15) is 13.2 Å². The number of piperidine rings is 1. The number of halogens is 3. The molecule has 1 amide bonds. The Labute approximate surface area is 190 Å². The number of carbonyl (C=O) groups is 1. The zero-order chi connectivity index (χ0) is 21.9. The topological polar surface area (TPSA) is 89.7 Å². The van der Waals surface area contributed by atoms with E-state index in [0.29, 0.717) is 30.2 Å². The number of primary amides is 1. The summed E-state index contributed by atoms with van der Waals surface area (Å²) >= 11 is 18.2. The third kappa shape index (κ3) is 5.21. The highest BCUT2D eigenvalue weighted by atomic mass is 35.5. The molecule has 1 aliphatic heterocycles. The average Bonchev–Trinajstić information content (AvgIpc) is 2.68. The van der Waals surface area contributed by atoms with Gasteiger partial charge in [0.15, 0.2) is 0 Å². The smallest absolute Gasteiger partial charge is 0.244 e. The summed E-state index contributed by atoms with van der Waals surface area (Å²) in [7, 11) is -3.92. The van der Waals surface area contributed by atoms with E-state index in [1.54, 1.807) is 24.3 Å². The van der Waals surface area contributed by atoms with Crippen LogP contribution < -0.4 is 10.5 Å². The highest BCUT2D eigenvalue weighted by Crippen LogP contribution is 2.38. The van der Waals surface area contributed by atoms with E-state index in [1.807, 2.05) is 0 Å². The van der Waals surface area contributed by atoms with Crippen molar-refractivity contribution in [3.63, 3.8) is 0 Å². The van der Waals surface area contributed by atoms with E-state index in [4.69, 9.17) is 45.3 Å². The molecule has 3 rings (SSSR count). The highest BCUT2D eigenvalue weighted by Gasteiger charge is 2.42. The summed E-state index contributed by atoms with van der Waals surface area (Å²) < 4.78 is 33.7. The van der Waals surface area contributed by atoms with Gasteiger partial charge in [0.2, 0.25) is 15.9 Å². The Hall–Kier alpha value is -1.51. The van der Waals surface area contributed by atoms with Crippen molar-refractivity contribution < 1.29 is 17.9 Å². The standard InChI is InChI=1S/C20H21Cl3N2O4S/c21-14-4-1-5-15(10-14)29-13-20(11-18(24)26)8-3-9-25(12-20)30(27,28)17-7-2-6-16(22)19(17)23/h1-2,4-7,10H,3,8-9,11-13H2,(H2,24,26)/t20-/m0/s1. The first-order valence-corrected chi connectivity index (χ1v) is 11.8. The maximum atomic E-state index is 13.3. The second kappa shape index (κ2) is 9.32. The van der Waals surface area contributed by atoms with Gasteiger partial charge in [0.1, 0.15) is 10.6 Å². The van der Waals surface area contributed by atoms with Crippen LogP contribution in [0.2, 0.25) is 15.1 Å². The first-order chi connectivity index (χ1) is 14.1. The molecule has 6 nitrogen and oxygen atoms in total. The molecule has 0 bridgehead atoms. The van der Waals surface area contributed by atoms with Crippen LogP contribution in [0.25, 0.3) is 0 Å². The molecule has 1 heterocycles. The quantitative estimate of drug-likeness (QED) is 0.623. The van der Waals surface area contributed by atoms with Crippen molar-refractivity contribution in [3.05, 3.63) is 57.5 Å². The van der Waals surface area contributed by atoms with E-state index in [2.05, 4.69) is 0 Å². The molecule has 2 aromatic carbocycles. The van der Waals surface area contributed by atoms with E-state index < -0.39 is 21.3 Å². The maximum absolute atomic E-state index is 13.3. The molecular formula is C20H21Cl3N2O4S. The Morgan fingerprint density at radius 1 is 1.17 bits per heavy atom. The minimum absolute atomic E-state index is 0.0110. The monoisotopic (exact) mass is 490 g/mol. The third-order valence-corrected chi connectivity index (χ3v) is 8.10. The van der Waals surface area contributed by atoms with Gasteiger partial charge in [-0.15, -0.1) is 0 Å². The molecule has 1 fully saturated rings. The maximum Gasteiger partial charge on any atom is 0.244 e. The normalized spacial score (nSPS) is 20.1. The predicted octanol–water partition coefficient (Wildman–Crippen LogP) is 4.37. The Bertz CT molecular complexity index is 1050. The van der Waals surface area contributed by atoms with Gasteiger partial charge in [-0.05, 0) is 43.2 Å². The van der Waals surface area contributed by atoms with E-state index in [-0.39, 0.29) is 34.5 Å². The van der Waals surface area contributed by atoms with Gasteiger partial charge in [0.25, 0.3) is 0 Å². The summed E-state index contributed by atoms with van der Waals surface area (Å²) in [6.45, 7) is 0.482. The Balaban J connectivity index is 1.88. The molecule has 0 aromatic heterocycles. The third-order valence-electron chi connectivity index (χ3n) is 5.05. The lowest BCUT2D eigenvalue weighted by molar-refractivity contribution is -0.121. The van der Waals surface area contributed by atoms with Crippen molar-refractivity contribution >= 4 is 50.7 Å². The summed E-state index contributed by atoms with van der Waals surface area (Å²) in [6, 6.07) is 11.3. The number of carbonyl (C=O) groups excluding carboxylic acids is 1. The van der Waals surface area contributed by atoms with Gasteiger partial charge >= 0.3 is 0 Å². The number of ether oxygens (including phenoxy) is 1. The zero-order valence-electron chi connectivity index (χ0n) is 16.0. The lowest BCUT2D eigenvalue weighted by Gasteiger charge is -2.41. The van der Waals surface area contributed by atoms with Gasteiger partial charge in [-0.25, -0.2) is 8.42 Å². The first kappa shape index (κ1) is 23.2. The van der Waals surface area contributed by atoms with Gasteiger partial charge in [-0.1, -0.05) is 46.9 Å².